The Morgan fingerprint density at radius 3 is 2.48 bits per heavy atom. The lowest BCUT2D eigenvalue weighted by atomic mass is 10.1. The molecule has 0 bridgehead atoms. The lowest BCUT2D eigenvalue weighted by Crippen LogP contribution is -2.35. The number of urea groups is 1. The molecule has 0 fully saturated rings. The Labute approximate surface area is 134 Å². The van der Waals surface area contributed by atoms with Gasteiger partial charge < -0.3 is 20.3 Å². The number of aromatic nitrogens is 1. The largest absolute Gasteiger partial charge is 0.396 e. The van der Waals surface area contributed by atoms with Crippen molar-refractivity contribution in [2.24, 2.45) is 0 Å². The van der Waals surface area contributed by atoms with E-state index in [0.29, 0.717) is 26.1 Å². The zero-order chi connectivity index (χ0) is 16.5. The van der Waals surface area contributed by atoms with Gasteiger partial charge in [0.15, 0.2) is 0 Å². The average molecular weight is 315 g/mol. The van der Waals surface area contributed by atoms with E-state index in [9.17, 15) is 9.59 Å². The summed E-state index contributed by atoms with van der Waals surface area (Å²) in [6.45, 7) is 1.46. The van der Waals surface area contributed by atoms with E-state index in [-0.39, 0.29) is 18.2 Å². The maximum absolute atomic E-state index is 11.7. The number of rotatable bonds is 7. The minimum atomic E-state index is -0.252. The number of nitrogens with one attached hydrogen (secondary N) is 2. The van der Waals surface area contributed by atoms with Crippen molar-refractivity contribution in [3.8, 4) is 0 Å². The highest BCUT2D eigenvalue weighted by Crippen LogP contribution is 2.05. The molecule has 0 spiro atoms. The fourth-order valence-electron chi connectivity index (χ4n) is 2.08. The quantitative estimate of drug-likeness (QED) is 0.669. The van der Waals surface area contributed by atoms with Crippen molar-refractivity contribution >= 4 is 6.03 Å². The molecule has 0 saturated carbocycles. The van der Waals surface area contributed by atoms with E-state index >= 15 is 0 Å². The Morgan fingerprint density at radius 2 is 1.78 bits per heavy atom. The number of nitrogens with zero attached hydrogens (tertiary/aromatic N) is 1. The molecule has 0 saturated heterocycles. The van der Waals surface area contributed by atoms with Crippen LogP contribution in [0.5, 0.6) is 0 Å². The first-order valence-corrected chi connectivity index (χ1v) is 7.55. The van der Waals surface area contributed by atoms with Gasteiger partial charge in [-0.05, 0) is 23.6 Å². The van der Waals surface area contributed by atoms with E-state index in [1.165, 1.54) is 6.07 Å². The van der Waals surface area contributed by atoms with Crippen LogP contribution < -0.4 is 16.2 Å². The second-order valence-electron chi connectivity index (χ2n) is 5.17. The fourth-order valence-corrected chi connectivity index (χ4v) is 2.08. The van der Waals surface area contributed by atoms with Gasteiger partial charge in [0, 0.05) is 32.0 Å². The van der Waals surface area contributed by atoms with Crippen molar-refractivity contribution in [1.82, 2.24) is 15.2 Å². The number of aliphatic hydroxyl groups is 1. The Kier molecular flexibility index (Phi) is 6.38. The molecule has 1 aromatic heterocycles. The Hall–Kier alpha value is -2.60. The summed E-state index contributed by atoms with van der Waals surface area (Å²) in [5, 5.41) is 14.0. The molecule has 2 amide bonds. The van der Waals surface area contributed by atoms with Gasteiger partial charge in [-0.25, -0.2) is 4.79 Å². The molecule has 6 nitrogen and oxygen atoms in total. The molecule has 0 aliphatic heterocycles. The zero-order valence-electron chi connectivity index (χ0n) is 12.9. The van der Waals surface area contributed by atoms with Crippen LogP contribution in [0.25, 0.3) is 0 Å². The number of pyridine rings is 1. The predicted octanol–water partition coefficient (Wildman–Crippen LogP) is 1.08. The molecule has 3 N–H and O–H groups in total. The fraction of sp³-hybridized carbons (Fsp3) is 0.294. The van der Waals surface area contributed by atoms with E-state index in [1.54, 1.807) is 16.8 Å². The maximum Gasteiger partial charge on any atom is 0.315 e. The minimum absolute atomic E-state index is 0.0298. The summed E-state index contributed by atoms with van der Waals surface area (Å²) in [4.78, 5) is 23.2. The van der Waals surface area contributed by atoms with E-state index in [0.717, 1.165) is 11.1 Å². The van der Waals surface area contributed by atoms with Crippen molar-refractivity contribution < 1.29 is 9.90 Å². The second-order valence-corrected chi connectivity index (χ2v) is 5.17. The van der Waals surface area contributed by atoms with E-state index in [4.69, 9.17) is 5.11 Å². The van der Waals surface area contributed by atoms with Crippen molar-refractivity contribution in [2.75, 3.05) is 13.2 Å². The molecule has 1 heterocycles. The van der Waals surface area contributed by atoms with Crippen LogP contribution in [0, 0.1) is 0 Å². The van der Waals surface area contributed by atoms with Crippen LogP contribution in [0.3, 0.4) is 0 Å². The molecule has 1 aromatic carbocycles. The molecule has 0 atom stereocenters. The lowest BCUT2D eigenvalue weighted by molar-refractivity contribution is 0.237. The van der Waals surface area contributed by atoms with Crippen molar-refractivity contribution in [1.29, 1.82) is 0 Å². The van der Waals surface area contributed by atoms with E-state index < -0.39 is 0 Å². The van der Waals surface area contributed by atoms with Crippen LogP contribution in [0.4, 0.5) is 4.79 Å². The van der Waals surface area contributed by atoms with Gasteiger partial charge in [-0.2, -0.15) is 0 Å². The number of amides is 2. The summed E-state index contributed by atoms with van der Waals surface area (Å²) in [6.07, 6.45) is 2.30. The maximum atomic E-state index is 11.7. The van der Waals surface area contributed by atoms with Gasteiger partial charge in [0.2, 0.25) is 0 Å². The van der Waals surface area contributed by atoms with Crippen LogP contribution in [0.2, 0.25) is 0 Å². The summed E-state index contributed by atoms with van der Waals surface area (Å²) >= 11 is 0. The van der Waals surface area contributed by atoms with Gasteiger partial charge in [-0.15, -0.1) is 0 Å². The third-order valence-electron chi connectivity index (χ3n) is 3.35. The number of carbonyl (C=O) groups is 1. The van der Waals surface area contributed by atoms with E-state index in [2.05, 4.69) is 10.6 Å². The van der Waals surface area contributed by atoms with Gasteiger partial charge in [0.25, 0.3) is 5.56 Å². The van der Waals surface area contributed by atoms with Gasteiger partial charge in [0.1, 0.15) is 0 Å². The van der Waals surface area contributed by atoms with Crippen LogP contribution in [-0.2, 0) is 13.1 Å². The number of benzene rings is 1. The number of aliphatic hydroxyl groups excluding tert-OH is 1. The first-order valence-electron chi connectivity index (χ1n) is 7.55. The molecule has 0 aliphatic carbocycles. The standard InChI is InChI=1S/C17H21N3O3/c21-11-3-9-18-17(23)19-12-14-5-7-15(8-6-14)13-20-10-2-1-4-16(20)22/h1-2,4-8,10,21H,3,9,11-13H2,(H2,18,19,23). The van der Waals surface area contributed by atoms with Crippen molar-refractivity contribution in [2.45, 2.75) is 19.5 Å². The summed E-state index contributed by atoms with van der Waals surface area (Å²) in [6, 6.07) is 12.6. The van der Waals surface area contributed by atoms with E-state index in [1.807, 2.05) is 30.3 Å². The van der Waals surface area contributed by atoms with Gasteiger partial charge >= 0.3 is 6.03 Å². The molecule has 0 radical (unpaired) electrons. The summed E-state index contributed by atoms with van der Waals surface area (Å²) < 4.78 is 1.64. The molecule has 2 aromatic rings. The van der Waals surface area contributed by atoms with Crippen LogP contribution >= 0.6 is 0 Å². The first kappa shape index (κ1) is 16.8. The molecule has 2 rings (SSSR count). The summed E-state index contributed by atoms with van der Waals surface area (Å²) in [7, 11) is 0. The predicted molar refractivity (Wildman–Crippen MR) is 88.2 cm³/mol. The Balaban J connectivity index is 1.84. The Bertz CT molecular complexity index is 680. The molecule has 23 heavy (non-hydrogen) atoms. The minimum Gasteiger partial charge on any atom is -0.396 e. The molecule has 0 aliphatic rings. The van der Waals surface area contributed by atoms with Gasteiger partial charge in [-0.1, -0.05) is 30.3 Å². The molecule has 6 heteroatoms. The zero-order valence-corrected chi connectivity index (χ0v) is 12.9. The third kappa shape index (κ3) is 5.60. The number of carbonyl (C=O) groups excluding carboxylic acids is 1. The smallest absolute Gasteiger partial charge is 0.315 e. The summed E-state index contributed by atoms with van der Waals surface area (Å²) in [5.41, 5.74) is 1.97. The molecular formula is C17H21N3O3. The number of hydrogen-bond donors (Lipinski definition) is 3. The first-order chi connectivity index (χ1) is 11.2. The van der Waals surface area contributed by atoms with Crippen LogP contribution in [-0.4, -0.2) is 28.9 Å². The SMILES string of the molecule is O=C(NCCCO)NCc1ccc(Cn2ccccc2=O)cc1. The van der Waals surface area contributed by atoms with Crippen LogP contribution in [0.15, 0.2) is 53.5 Å². The average Bonchev–Trinajstić information content (AvgIpc) is 2.56. The second kappa shape index (κ2) is 8.75. The topological polar surface area (TPSA) is 83.4 Å². The monoisotopic (exact) mass is 315 g/mol. The molecular weight excluding hydrogens is 294 g/mol. The number of hydrogen-bond acceptors (Lipinski definition) is 3. The highest BCUT2D eigenvalue weighted by molar-refractivity contribution is 5.73. The Morgan fingerprint density at radius 1 is 1.04 bits per heavy atom. The third-order valence-corrected chi connectivity index (χ3v) is 3.35. The van der Waals surface area contributed by atoms with Crippen LogP contribution in [0.1, 0.15) is 17.5 Å². The normalized spacial score (nSPS) is 10.3. The van der Waals surface area contributed by atoms with Crippen molar-refractivity contribution in [3.63, 3.8) is 0 Å². The molecule has 122 valence electrons. The van der Waals surface area contributed by atoms with Gasteiger partial charge in [-0.3, -0.25) is 4.79 Å². The lowest BCUT2D eigenvalue weighted by Gasteiger charge is -2.09. The highest BCUT2D eigenvalue weighted by atomic mass is 16.3. The summed E-state index contributed by atoms with van der Waals surface area (Å²) in [5.74, 6) is 0. The highest BCUT2D eigenvalue weighted by Gasteiger charge is 2.01. The van der Waals surface area contributed by atoms with Crippen molar-refractivity contribution in [3.05, 3.63) is 70.1 Å². The van der Waals surface area contributed by atoms with Gasteiger partial charge in [0.05, 0.1) is 6.54 Å². The molecule has 0 unspecified atom stereocenters.